The average Bonchev–Trinajstić information content (AvgIpc) is 2.54. The van der Waals surface area contributed by atoms with Crippen LogP contribution in [0.25, 0.3) is 0 Å². The van der Waals surface area contributed by atoms with Crippen molar-refractivity contribution in [2.75, 3.05) is 31.3 Å². The molecule has 0 radical (unpaired) electrons. The second kappa shape index (κ2) is 6.72. The lowest BCUT2D eigenvalue weighted by atomic mass is 10.1. The molecule has 0 unspecified atom stereocenters. The fourth-order valence-corrected chi connectivity index (χ4v) is 2.54. The van der Waals surface area contributed by atoms with E-state index >= 15 is 0 Å². The Labute approximate surface area is 140 Å². The predicted molar refractivity (Wildman–Crippen MR) is 92.4 cm³/mol. The summed E-state index contributed by atoms with van der Waals surface area (Å²) in [4.78, 5) is 25.9. The van der Waals surface area contributed by atoms with Gasteiger partial charge in [0, 0.05) is 17.8 Å². The zero-order chi connectivity index (χ0) is 17.1. The van der Waals surface area contributed by atoms with E-state index < -0.39 is 0 Å². The second-order valence-electron chi connectivity index (χ2n) is 5.94. The van der Waals surface area contributed by atoms with Crippen molar-refractivity contribution in [3.05, 3.63) is 53.6 Å². The van der Waals surface area contributed by atoms with Crippen molar-refractivity contribution in [3.63, 3.8) is 0 Å². The lowest BCUT2D eigenvalue weighted by Crippen LogP contribution is -2.25. The summed E-state index contributed by atoms with van der Waals surface area (Å²) in [6, 6.07) is 12.7. The number of anilines is 2. The molecule has 0 atom stereocenters. The van der Waals surface area contributed by atoms with E-state index in [2.05, 4.69) is 10.6 Å². The van der Waals surface area contributed by atoms with E-state index in [1.165, 1.54) is 0 Å². The smallest absolute Gasteiger partial charge is 0.262 e. The van der Waals surface area contributed by atoms with E-state index in [4.69, 9.17) is 4.74 Å². The highest BCUT2D eigenvalue weighted by molar-refractivity contribution is 6.05. The Hall–Kier alpha value is -2.86. The Kier molecular flexibility index (Phi) is 4.48. The summed E-state index contributed by atoms with van der Waals surface area (Å²) in [7, 11) is 3.96. The summed E-state index contributed by atoms with van der Waals surface area (Å²) in [5.74, 6) is 0.196. The number of rotatable bonds is 4. The van der Waals surface area contributed by atoms with Crippen molar-refractivity contribution < 1.29 is 14.3 Å². The summed E-state index contributed by atoms with van der Waals surface area (Å²) < 4.78 is 5.30. The van der Waals surface area contributed by atoms with E-state index in [-0.39, 0.29) is 18.4 Å². The minimum absolute atomic E-state index is 0.0113. The normalized spacial score (nSPS) is 13.0. The molecule has 6 nitrogen and oxygen atoms in total. The lowest BCUT2D eigenvalue weighted by Gasteiger charge is -2.18. The summed E-state index contributed by atoms with van der Waals surface area (Å²) in [6.07, 6.45) is 0. The molecular weight excluding hydrogens is 306 g/mol. The summed E-state index contributed by atoms with van der Waals surface area (Å²) >= 11 is 0. The number of nitrogens with zero attached hydrogens (tertiary/aromatic N) is 1. The van der Waals surface area contributed by atoms with Crippen LogP contribution in [-0.4, -0.2) is 37.4 Å². The summed E-state index contributed by atoms with van der Waals surface area (Å²) in [6.45, 7) is 0.778. The number of fused-ring (bicyclic) bond motifs is 1. The lowest BCUT2D eigenvalue weighted by molar-refractivity contribution is -0.118. The Balaban J connectivity index is 1.75. The van der Waals surface area contributed by atoms with Crippen LogP contribution in [0.4, 0.5) is 11.4 Å². The maximum absolute atomic E-state index is 12.4. The summed E-state index contributed by atoms with van der Waals surface area (Å²) in [5.41, 5.74) is 2.82. The van der Waals surface area contributed by atoms with Crippen LogP contribution in [0.1, 0.15) is 15.9 Å². The van der Waals surface area contributed by atoms with Gasteiger partial charge in [0.25, 0.3) is 11.8 Å². The highest BCUT2D eigenvalue weighted by atomic mass is 16.5. The molecule has 0 aliphatic carbocycles. The quantitative estimate of drug-likeness (QED) is 0.905. The van der Waals surface area contributed by atoms with Crippen molar-refractivity contribution in [2.45, 2.75) is 6.54 Å². The van der Waals surface area contributed by atoms with Crippen LogP contribution in [0.2, 0.25) is 0 Å². The molecule has 1 aliphatic rings. The van der Waals surface area contributed by atoms with E-state index in [1.54, 1.807) is 24.3 Å². The number of benzene rings is 2. The largest absolute Gasteiger partial charge is 0.482 e. The molecule has 124 valence electrons. The molecule has 2 N–H and O–H groups in total. The van der Waals surface area contributed by atoms with Gasteiger partial charge in [-0.05, 0) is 50.0 Å². The van der Waals surface area contributed by atoms with Crippen molar-refractivity contribution >= 4 is 23.2 Å². The van der Waals surface area contributed by atoms with Gasteiger partial charge in [0.15, 0.2) is 6.61 Å². The first-order valence-electron chi connectivity index (χ1n) is 7.63. The molecule has 2 amide bonds. The van der Waals surface area contributed by atoms with Gasteiger partial charge in [0.1, 0.15) is 5.75 Å². The van der Waals surface area contributed by atoms with Crippen molar-refractivity contribution in [1.29, 1.82) is 0 Å². The molecule has 2 aromatic rings. The van der Waals surface area contributed by atoms with Crippen LogP contribution < -0.4 is 15.4 Å². The van der Waals surface area contributed by atoms with Crippen LogP contribution in [0.15, 0.2) is 42.5 Å². The SMILES string of the molecule is CN(C)Cc1cccc(C(=O)Nc2ccc3c(c2)NC(=O)CO3)c1. The molecular formula is C18H19N3O3. The van der Waals surface area contributed by atoms with Gasteiger partial charge in [-0.25, -0.2) is 0 Å². The van der Waals surface area contributed by atoms with Crippen molar-refractivity contribution in [2.24, 2.45) is 0 Å². The Morgan fingerprint density at radius 3 is 2.88 bits per heavy atom. The van der Waals surface area contributed by atoms with Gasteiger partial charge >= 0.3 is 0 Å². The Bertz CT molecular complexity index is 787. The van der Waals surface area contributed by atoms with E-state index in [0.29, 0.717) is 22.7 Å². The third-order valence-corrected chi connectivity index (χ3v) is 3.56. The molecule has 1 aliphatic heterocycles. The summed E-state index contributed by atoms with van der Waals surface area (Å²) in [5, 5.41) is 5.57. The first kappa shape index (κ1) is 16.0. The zero-order valence-electron chi connectivity index (χ0n) is 13.6. The number of hydrogen-bond acceptors (Lipinski definition) is 4. The van der Waals surface area contributed by atoms with Crippen LogP contribution in [0, 0.1) is 0 Å². The van der Waals surface area contributed by atoms with Gasteiger partial charge in [0.2, 0.25) is 0 Å². The van der Waals surface area contributed by atoms with Gasteiger partial charge in [-0.15, -0.1) is 0 Å². The van der Waals surface area contributed by atoms with Crippen LogP contribution in [-0.2, 0) is 11.3 Å². The molecule has 2 aromatic carbocycles. The number of carbonyl (C=O) groups excluding carboxylic acids is 2. The number of hydrogen-bond donors (Lipinski definition) is 2. The Morgan fingerprint density at radius 2 is 2.08 bits per heavy atom. The molecule has 0 saturated carbocycles. The standard InChI is InChI=1S/C18H19N3O3/c1-21(2)10-12-4-3-5-13(8-12)18(23)19-14-6-7-16-15(9-14)20-17(22)11-24-16/h3-9H,10-11H2,1-2H3,(H,19,23)(H,20,22). The second-order valence-corrected chi connectivity index (χ2v) is 5.94. The molecule has 24 heavy (non-hydrogen) atoms. The average molecular weight is 325 g/mol. The molecule has 0 aromatic heterocycles. The van der Waals surface area contributed by atoms with Gasteiger partial charge < -0.3 is 20.3 Å². The maximum Gasteiger partial charge on any atom is 0.262 e. The maximum atomic E-state index is 12.4. The van der Waals surface area contributed by atoms with Crippen LogP contribution in [0.3, 0.4) is 0 Å². The minimum atomic E-state index is -0.206. The molecule has 6 heteroatoms. The molecule has 0 fully saturated rings. The van der Waals surface area contributed by atoms with E-state index in [0.717, 1.165) is 12.1 Å². The highest BCUT2D eigenvalue weighted by Gasteiger charge is 2.16. The van der Waals surface area contributed by atoms with Gasteiger partial charge in [-0.2, -0.15) is 0 Å². The van der Waals surface area contributed by atoms with Gasteiger partial charge in [-0.3, -0.25) is 9.59 Å². The zero-order valence-corrected chi connectivity index (χ0v) is 13.6. The molecule has 0 spiro atoms. The Morgan fingerprint density at radius 1 is 1.25 bits per heavy atom. The number of nitrogens with one attached hydrogen (secondary N) is 2. The minimum Gasteiger partial charge on any atom is -0.482 e. The molecule has 0 bridgehead atoms. The van der Waals surface area contributed by atoms with Crippen molar-refractivity contribution in [3.8, 4) is 5.75 Å². The fourth-order valence-electron chi connectivity index (χ4n) is 2.54. The monoisotopic (exact) mass is 325 g/mol. The van der Waals surface area contributed by atoms with E-state index in [1.807, 2.05) is 37.2 Å². The first-order chi connectivity index (χ1) is 11.5. The van der Waals surface area contributed by atoms with Crippen LogP contribution in [0.5, 0.6) is 5.75 Å². The number of carbonyl (C=O) groups is 2. The molecule has 3 rings (SSSR count). The predicted octanol–water partition coefficient (Wildman–Crippen LogP) is 2.33. The van der Waals surface area contributed by atoms with Gasteiger partial charge in [-0.1, -0.05) is 12.1 Å². The number of amides is 2. The topological polar surface area (TPSA) is 70.7 Å². The molecule has 1 heterocycles. The highest BCUT2D eigenvalue weighted by Crippen LogP contribution is 2.30. The van der Waals surface area contributed by atoms with E-state index in [9.17, 15) is 9.59 Å². The van der Waals surface area contributed by atoms with Crippen molar-refractivity contribution in [1.82, 2.24) is 4.90 Å². The molecule has 0 saturated heterocycles. The van der Waals surface area contributed by atoms with Crippen LogP contribution >= 0.6 is 0 Å². The fraction of sp³-hybridized carbons (Fsp3) is 0.222. The van der Waals surface area contributed by atoms with Gasteiger partial charge in [0.05, 0.1) is 5.69 Å². The third kappa shape index (κ3) is 3.72. The number of ether oxygens (including phenoxy) is 1. The third-order valence-electron chi connectivity index (χ3n) is 3.56. The first-order valence-corrected chi connectivity index (χ1v) is 7.63.